The smallest absolute Gasteiger partial charge is 0.326 e. The summed E-state index contributed by atoms with van der Waals surface area (Å²) in [6.45, 7) is 15.2. The van der Waals surface area contributed by atoms with Crippen LogP contribution in [0.5, 0.6) is 0 Å². The Kier molecular flexibility index (Phi) is 8.40. The number of aromatic amines is 1. The van der Waals surface area contributed by atoms with Gasteiger partial charge in [-0.15, -0.1) is 0 Å². The van der Waals surface area contributed by atoms with Gasteiger partial charge in [-0.25, -0.2) is 19.2 Å². The molecule has 7 rings (SSSR count). The molecular weight excluding hydrogens is 687 g/mol. The zero-order valence-corrected chi connectivity index (χ0v) is 31.1. The van der Waals surface area contributed by atoms with Crippen molar-refractivity contribution in [2.24, 2.45) is 7.05 Å². The zero-order chi connectivity index (χ0) is 37.7. The number of halogens is 2. The molecule has 2 aliphatic heterocycles. The van der Waals surface area contributed by atoms with E-state index in [1.807, 2.05) is 41.5 Å². The fourth-order valence-corrected chi connectivity index (χ4v) is 8.20. The van der Waals surface area contributed by atoms with Crippen molar-refractivity contribution in [3.05, 3.63) is 85.8 Å². The van der Waals surface area contributed by atoms with Gasteiger partial charge in [-0.3, -0.25) is 23.5 Å². The Morgan fingerprint density at radius 1 is 1.00 bits per heavy atom. The molecule has 3 aromatic heterocycles. The number of likely N-dealkylation sites (N-methyl/N-ethyl adjacent to an activating group) is 1. The van der Waals surface area contributed by atoms with Gasteiger partial charge >= 0.3 is 5.69 Å². The van der Waals surface area contributed by atoms with Crippen molar-refractivity contribution < 1.29 is 14.0 Å². The zero-order valence-electron chi connectivity index (χ0n) is 30.3. The average molecular weight is 727 g/mol. The molecule has 14 heteroatoms. The number of aryl methyl sites for hydroxylation is 2. The Labute approximate surface area is 304 Å². The van der Waals surface area contributed by atoms with Crippen LogP contribution in [-0.4, -0.2) is 73.0 Å². The molecule has 0 bridgehead atoms. The maximum absolute atomic E-state index is 18.2. The Bertz CT molecular complexity index is 2470. The lowest BCUT2D eigenvalue weighted by Crippen LogP contribution is -2.66. The summed E-state index contributed by atoms with van der Waals surface area (Å²) in [6, 6.07) is 3.93. The standard InChI is InChI=1S/C38H40ClFN8O4/c1-10-25(49)46-15-24-36(50)44(8)35-32(47(24)14-20(46)7)21-13-22(39)27(26-19(6)11-12-23-33(26)45(9)38(52)43-23)28(40)31(21)48(37(35)51)34-29(17(2)3)41-16-42-30(34)18(4)5/h10-13,16-18,20,24H,1,14-15H2,2-9H3,(H,43,52). The van der Waals surface area contributed by atoms with E-state index >= 15 is 9.18 Å². The number of aromatic nitrogens is 5. The van der Waals surface area contributed by atoms with Crippen LogP contribution in [0.25, 0.3) is 38.8 Å². The summed E-state index contributed by atoms with van der Waals surface area (Å²) in [6.07, 6.45) is 2.66. The molecule has 0 saturated carbocycles. The van der Waals surface area contributed by atoms with E-state index in [2.05, 4.69) is 21.5 Å². The van der Waals surface area contributed by atoms with Gasteiger partial charge in [-0.05, 0) is 49.5 Å². The molecule has 5 aromatic rings. The largest absolute Gasteiger partial charge is 0.354 e. The lowest BCUT2D eigenvalue weighted by molar-refractivity contribution is -0.130. The summed E-state index contributed by atoms with van der Waals surface area (Å²) in [5.41, 5.74) is 2.70. The molecule has 2 unspecified atom stereocenters. The lowest BCUT2D eigenvalue weighted by Gasteiger charge is -2.50. The molecule has 52 heavy (non-hydrogen) atoms. The number of hydrogen-bond donors (Lipinski definition) is 1. The van der Waals surface area contributed by atoms with E-state index in [9.17, 15) is 14.4 Å². The normalized spacial score (nSPS) is 17.5. The third kappa shape index (κ3) is 4.92. The molecule has 12 nitrogen and oxygen atoms in total. The third-order valence-electron chi connectivity index (χ3n) is 10.5. The molecule has 2 amide bonds. The molecule has 0 aliphatic carbocycles. The van der Waals surface area contributed by atoms with Crippen LogP contribution < -0.4 is 21.0 Å². The van der Waals surface area contributed by atoms with Crippen molar-refractivity contribution in [3.63, 3.8) is 0 Å². The molecule has 2 aromatic carbocycles. The summed E-state index contributed by atoms with van der Waals surface area (Å²) in [5.74, 6) is -1.89. The van der Waals surface area contributed by atoms with Crippen molar-refractivity contribution in [1.29, 1.82) is 0 Å². The van der Waals surface area contributed by atoms with Crippen molar-refractivity contribution in [1.82, 2.24) is 29.0 Å². The summed E-state index contributed by atoms with van der Waals surface area (Å²) in [5, 5.41) is 0.339. The monoisotopic (exact) mass is 726 g/mol. The van der Waals surface area contributed by atoms with Gasteiger partial charge in [0.1, 0.15) is 18.1 Å². The van der Waals surface area contributed by atoms with Gasteiger partial charge in [-0.2, -0.15) is 0 Å². The van der Waals surface area contributed by atoms with Gasteiger partial charge in [0, 0.05) is 43.2 Å². The van der Waals surface area contributed by atoms with Crippen LogP contribution in [0.3, 0.4) is 0 Å². The molecule has 1 N–H and O–H groups in total. The van der Waals surface area contributed by atoms with E-state index in [1.54, 1.807) is 35.0 Å². The summed E-state index contributed by atoms with van der Waals surface area (Å²) in [4.78, 5) is 71.8. The molecule has 1 fully saturated rings. The number of H-pyrrole nitrogens is 1. The van der Waals surface area contributed by atoms with E-state index in [-0.39, 0.29) is 70.3 Å². The number of fused-ring (bicyclic) bond motifs is 6. The van der Waals surface area contributed by atoms with E-state index in [0.717, 1.165) is 0 Å². The van der Waals surface area contributed by atoms with E-state index < -0.39 is 17.4 Å². The fraction of sp³-hybridized carbons (Fsp3) is 0.368. The van der Waals surface area contributed by atoms with Gasteiger partial charge in [0.15, 0.2) is 5.82 Å². The first-order chi connectivity index (χ1) is 24.6. The van der Waals surface area contributed by atoms with Gasteiger partial charge in [0.05, 0.1) is 50.9 Å². The second kappa shape index (κ2) is 12.4. The number of nitrogens with one attached hydrogen (secondary N) is 1. The highest BCUT2D eigenvalue weighted by atomic mass is 35.5. The topological polar surface area (TPSA) is 129 Å². The molecule has 5 heterocycles. The number of carbonyl (C=O) groups excluding carboxylic acids is 2. The van der Waals surface area contributed by atoms with E-state index in [1.165, 1.54) is 33.5 Å². The van der Waals surface area contributed by atoms with Gasteiger partial charge in [0.2, 0.25) is 5.91 Å². The van der Waals surface area contributed by atoms with Gasteiger partial charge < -0.3 is 19.7 Å². The summed E-state index contributed by atoms with van der Waals surface area (Å²) >= 11 is 7.16. The van der Waals surface area contributed by atoms with Crippen LogP contribution in [0.2, 0.25) is 5.02 Å². The fourth-order valence-electron chi connectivity index (χ4n) is 7.91. The number of nitrogens with zero attached hydrogens (tertiary/aromatic N) is 7. The molecule has 2 aliphatic rings. The number of hydrogen-bond acceptors (Lipinski definition) is 7. The number of anilines is 2. The van der Waals surface area contributed by atoms with Crippen LogP contribution >= 0.6 is 11.6 Å². The number of benzene rings is 2. The van der Waals surface area contributed by atoms with Crippen LogP contribution in [0, 0.1) is 12.7 Å². The Morgan fingerprint density at radius 3 is 2.27 bits per heavy atom. The second-order valence-corrected chi connectivity index (χ2v) is 14.7. The minimum Gasteiger partial charge on any atom is -0.354 e. The predicted molar refractivity (Wildman–Crippen MR) is 201 cm³/mol. The van der Waals surface area contributed by atoms with Crippen LogP contribution in [0.15, 0.2) is 46.8 Å². The SMILES string of the molecule is C=CC(=O)N1CC2C(=O)N(C)c3c(c4cc(Cl)c(-c5c(C)ccc6[nH]c(=O)n(C)c56)c(F)c4n(-c4c(C(C)C)ncnc4C(C)C)c3=O)N2CC1C. The highest BCUT2D eigenvalue weighted by Gasteiger charge is 2.46. The molecule has 2 atom stereocenters. The number of carbonyl (C=O) groups is 2. The maximum atomic E-state index is 18.2. The minimum atomic E-state index is -0.861. The maximum Gasteiger partial charge on any atom is 0.326 e. The third-order valence-corrected chi connectivity index (χ3v) is 10.7. The highest BCUT2D eigenvalue weighted by molar-refractivity contribution is 6.35. The second-order valence-electron chi connectivity index (χ2n) is 14.3. The van der Waals surface area contributed by atoms with Gasteiger partial charge in [0.25, 0.3) is 11.5 Å². The summed E-state index contributed by atoms with van der Waals surface area (Å²) in [7, 11) is 3.12. The number of rotatable bonds is 5. The van der Waals surface area contributed by atoms with Gasteiger partial charge in [-0.1, -0.05) is 51.9 Å². The average Bonchev–Trinajstić information content (AvgIpc) is 3.39. The van der Waals surface area contributed by atoms with E-state index in [4.69, 9.17) is 11.6 Å². The van der Waals surface area contributed by atoms with Crippen molar-refractivity contribution in [2.45, 2.75) is 65.5 Å². The molecule has 1 saturated heterocycles. The van der Waals surface area contributed by atoms with Crippen LogP contribution in [-0.2, 0) is 16.6 Å². The number of pyridine rings is 1. The first-order valence-electron chi connectivity index (χ1n) is 17.2. The Morgan fingerprint density at radius 2 is 1.65 bits per heavy atom. The van der Waals surface area contributed by atoms with E-state index in [0.29, 0.717) is 50.3 Å². The first kappa shape index (κ1) is 35.1. The molecule has 0 radical (unpaired) electrons. The number of imidazole rings is 1. The quantitative estimate of drug-likeness (QED) is 0.236. The molecule has 270 valence electrons. The number of piperazine rings is 1. The minimum absolute atomic E-state index is 0.0144. The Hall–Kier alpha value is -5.30. The lowest BCUT2D eigenvalue weighted by atomic mass is 9.93. The van der Waals surface area contributed by atoms with Crippen molar-refractivity contribution >= 4 is 56.7 Å². The first-order valence-corrected chi connectivity index (χ1v) is 17.6. The summed E-state index contributed by atoms with van der Waals surface area (Å²) < 4.78 is 20.9. The molecule has 0 spiro atoms. The van der Waals surface area contributed by atoms with Crippen molar-refractivity contribution in [3.8, 4) is 16.8 Å². The molecular formula is C38H40ClFN8O4. The van der Waals surface area contributed by atoms with Crippen molar-refractivity contribution in [2.75, 3.05) is 29.9 Å². The van der Waals surface area contributed by atoms with Crippen LogP contribution in [0.1, 0.15) is 63.4 Å². The highest BCUT2D eigenvalue weighted by Crippen LogP contribution is 2.47. The number of amides is 2. The Balaban J connectivity index is 1.69. The van der Waals surface area contributed by atoms with Crippen LogP contribution in [0.4, 0.5) is 15.8 Å². The predicted octanol–water partition coefficient (Wildman–Crippen LogP) is 5.54.